The molecule has 0 atom stereocenters. The van der Waals surface area contributed by atoms with Crippen molar-refractivity contribution in [2.75, 3.05) is 6.54 Å². The highest BCUT2D eigenvalue weighted by molar-refractivity contribution is 6.32. The van der Waals surface area contributed by atoms with Gasteiger partial charge in [0, 0.05) is 12.2 Å². The third-order valence-electron chi connectivity index (χ3n) is 2.86. The van der Waals surface area contributed by atoms with Crippen LogP contribution in [-0.4, -0.2) is 11.5 Å². The summed E-state index contributed by atoms with van der Waals surface area (Å²) < 4.78 is 5.73. The molecule has 0 spiro atoms. The van der Waals surface area contributed by atoms with Gasteiger partial charge < -0.3 is 10.1 Å². The molecule has 1 aromatic heterocycles. The van der Waals surface area contributed by atoms with Crippen molar-refractivity contribution in [2.24, 2.45) is 0 Å². The van der Waals surface area contributed by atoms with Crippen molar-refractivity contribution in [3.8, 4) is 11.5 Å². The molecule has 0 fully saturated rings. The Hall–Kier alpha value is -1.58. The first-order chi connectivity index (χ1) is 9.69. The summed E-state index contributed by atoms with van der Waals surface area (Å²) in [4.78, 5) is 4.19. The van der Waals surface area contributed by atoms with Gasteiger partial charge in [-0.25, -0.2) is 0 Å². The number of aromatic nitrogens is 1. The molecule has 1 N–H and O–H groups in total. The van der Waals surface area contributed by atoms with Crippen LogP contribution in [0.25, 0.3) is 0 Å². The average Bonchev–Trinajstić information content (AvgIpc) is 2.44. The van der Waals surface area contributed by atoms with Gasteiger partial charge in [-0.3, -0.25) is 4.98 Å². The van der Waals surface area contributed by atoms with E-state index in [1.54, 1.807) is 6.20 Å². The third-order valence-corrected chi connectivity index (χ3v) is 3.16. The molecule has 0 saturated carbocycles. The molecule has 4 heteroatoms. The Labute approximate surface area is 124 Å². The molecule has 1 heterocycles. The Morgan fingerprint density at radius 3 is 2.75 bits per heavy atom. The van der Waals surface area contributed by atoms with Gasteiger partial charge in [-0.15, -0.1) is 0 Å². The molecule has 106 valence electrons. The van der Waals surface area contributed by atoms with Crippen LogP contribution in [0.1, 0.15) is 24.6 Å². The lowest BCUT2D eigenvalue weighted by molar-refractivity contribution is 0.480. The summed E-state index contributed by atoms with van der Waals surface area (Å²) in [5.41, 5.74) is 2.11. The van der Waals surface area contributed by atoms with Crippen LogP contribution in [0.2, 0.25) is 5.02 Å². The smallest absolute Gasteiger partial charge is 0.146 e. The van der Waals surface area contributed by atoms with Gasteiger partial charge in [-0.05, 0) is 49.7 Å². The molecular weight excluding hydrogens is 272 g/mol. The maximum absolute atomic E-state index is 6.25. The van der Waals surface area contributed by atoms with E-state index in [0.717, 1.165) is 30.8 Å². The fourth-order valence-electron chi connectivity index (χ4n) is 1.79. The van der Waals surface area contributed by atoms with E-state index in [9.17, 15) is 0 Å². The highest BCUT2D eigenvalue weighted by atomic mass is 35.5. The number of benzene rings is 1. The molecular formula is C16H19ClN2O. The fourth-order valence-corrected chi connectivity index (χ4v) is 2.03. The molecule has 0 aliphatic rings. The standard InChI is InChI=1S/C16H19ClN2O/c1-3-8-18-10-13-5-7-16(15(17)9-13)20-14-6-4-12(2)19-11-14/h4-7,9,11,18H,3,8,10H2,1-2H3. The maximum atomic E-state index is 6.25. The summed E-state index contributed by atoms with van der Waals surface area (Å²) >= 11 is 6.25. The molecule has 0 unspecified atom stereocenters. The monoisotopic (exact) mass is 290 g/mol. The van der Waals surface area contributed by atoms with E-state index >= 15 is 0 Å². The van der Waals surface area contributed by atoms with Crippen molar-refractivity contribution in [3.63, 3.8) is 0 Å². The summed E-state index contributed by atoms with van der Waals surface area (Å²) in [5.74, 6) is 1.34. The summed E-state index contributed by atoms with van der Waals surface area (Å²) in [6.07, 6.45) is 2.82. The lowest BCUT2D eigenvalue weighted by Gasteiger charge is -2.09. The maximum Gasteiger partial charge on any atom is 0.146 e. The Morgan fingerprint density at radius 2 is 2.10 bits per heavy atom. The van der Waals surface area contributed by atoms with Crippen LogP contribution in [0.4, 0.5) is 0 Å². The van der Waals surface area contributed by atoms with Crippen molar-refractivity contribution in [1.29, 1.82) is 0 Å². The number of aryl methyl sites for hydroxylation is 1. The number of hydrogen-bond acceptors (Lipinski definition) is 3. The predicted molar refractivity (Wildman–Crippen MR) is 82.5 cm³/mol. The third kappa shape index (κ3) is 4.22. The van der Waals surface area contributed by atoms with Gasteiger partial charge in [0.2, 0.25) is 0 Å². The Morgan fingerprint density at radius 1 is 1.25 bits per heavy atom. The quantitative estimate of drug-likeness (QED) is 0.804. The Balaban J connectivity index is 2.03. The zero-order chi connectivity index (χ0) is 14.4. The lowest BCUT2D eigenvalue weighted by Crippen LogP contribution is -2.13. The molecule has 0 radical (unpaired) electrons. The van der Waals surface area contributed by atoms with Crippen molar-refractivity contribution >= 4 is 11.6 Å². The number of ether oxygens (including phenoxy) is 1. The van der Waals surface area contributed by atoms with E-state index in [4.69, 9.17) is 16.3 Å². The van der Waals surface area contributed by atoms with E-state index in [1.807, 2.05) is 37.3 Å². The lowest BCUT2D eigenvalue weighted by atomic mass is 10.2. The molecule has 1 aromatic carbocycles. The summed E-state index contributed by atoms with van der Waals surface area (Å²) in [6.45, 7) is 5.91. The van der Waals surface area contributed by atoms with Crippen LogP contribution < -0.4 is 10.1 Å². The number of nitrogens with zero attached hydrogens (tertiary/aromatic N) is 1. The molecule has 0 aliphatic heterocycles. The summed E-state index contributed by atoms with van der Waals surface area (Å²) in [6, 6.07) is 9.64. The average molecular weight is 291 g/mol. The Bertz CT molecular complexity index is 555. The highest BCUT2D eigenvalue weighted by Crippen LogP contribution is 2.29. The second kappa shape index (κ2) is 7.27. The molecule has 0 amide bonds. The molecule has 2 aromatic rings. The number of nitrogens with one attached hydrogen (secondary N) is 1. The predicted octanol–water partition coefficient (Wildman–Crippen LogP) is 4.34. The fraction of sp³-hybridized carbons (Fsp3) is 0.312. The molecule has 2 rings (SSSR count). The second-order valence-electron chi connectivity index (χ2n) is 4.68. The number of pyridine rings is 1. The minimum absolute atomic E-state index is 0.612. The molecule has 3 nitrogen and oxygen atoms in total. The first kappa shape index (κ1) is 14.8. The minimum atomic E-state index is 0.612. The van der Waals surface area contributed by atoms with Gasteiger partial charge in [-0.1, -0.05) is 24.6 Å². The van der Waals surface area contributed by atoms with Crippen molar-refractivity contribution < 1.29 is 4.74 Å². The normalized spacial score (nSPS) is 10.6. The number of halogens is 1. The van der Waals surface area contributed by atoms with E-state index in [1.165, 1.54) is 0 Å². The first-order valence-electron chi connectivity index (χ1n) is 6.78. The van der Waals surface area contributed by atoms with Crippen LogP contribution >= 0.6 is 11.6 Å². The topological polar surface area (TPSA) is 34.1 Å². The number of rotatable bonds is 6. The summed E-state index contributed by atoms with van der Waals surface area (Å²) in [5, 5.41) is 3.96. The van der Waals surface area contributed by atoms with Crippen LogP contribution in [0, 0.1) is 6.92 Å². The minimum Gasteiger partial charge on any atom is -0.454 e. The van der Waals surface area contributed by atoms with E-state index in [0.29, 0.717) is 16.5 Å². The van der Waals surface area contributed by atoms with Crippen LogP contribution in [-0.2, 0) is 6.54 Å². The van der Waals surface area contributed by atoms with Gasteiger partial charge in [0.15, 0.2) is 0 Å². The van der Waals surface area contributed by atoms with E-state index in [2.05, 4.69) is 17.2 Å². The second-order valence-corrected chi connectivity index (χ2v) is 5.09. The van der Waals surface area contributed by atoms with Gasteiger partial charge in [0.25, 0.3) is 0 Å². The zero-order valence-electron chi connectivity index (χ0n) is 11.8. The van der Waals surface area contributed by atoms with Crippen LogP contribution in [0.15, 0.2) is 36.5 Å². The molecule has 0 aliphatic carbocycles. The van der Waals surface area contributed by atoms with Gasteiger partial charge in [0.1, 0.15) is 11.5 Å². The van der Waals surface area contributed by atoms with Crippen molar-refractivity contribution in [1.82, 2.24) is 10.3 Å². The zero-order valence-corrected chi connectivity index (χ0v) is 12.6. The largest absolute Gasteiger partial charge is 0.454 e. The highest BCUT2D eigenvalue weighted by Gasteiger charge is 2.05. The molecule has 20 heavy (non-hydrogen) atoms. The van der Waals surface area contributed by atoms with E-state index in [-0.39, 0.29) is 0 Å². The SMILES string of the molecule is CCCNCc1ccc(Oc2ccc(C)nc2)c(Cl)c1. The first-order valence-corrected chi connectivity index (χ1v) is 7.16. The molecule has 0 bridgehead atoms. The van der Waals surface area contributed by atoms with Crippen molar-refractivity contribution in [2.45, 2.75) is 26.8 Å². The molecule has 0 saturated heterocycles. The van der Waals surface area contributed by atoms with Gasteiger partial charge in [0.05, 0.1) is 11.2 Å². The Kier molecular flexibility index (Phi) is 5.39. The van der Waals surface area contributed by atoms with Gasteiger partial charge >= 0.3 is 0 Å². The van der Waals surface area contributed by atoms with E-state index < -0.39 is 0 Å². The number of hydrogen-bond donors (Lipinski definition) is 1. The van der Waals surface area contributed by atoms with Crippen LogP contribution in [0.3, 0.4) is 0 Å². The van der Waals surface area contributed by atoms with Crippen molar-refractivity contribution in [3.05, 3.63) is 52.8 Å². The summed E-state index contributed by atoms with van der Waals surface area (Å²) in [7, 11) is 0. The van der Waals surface area contributed by atoms with Crippen LogP contribution in [0.5, 0.6) is 11.5 Å². The van der Waals surface area contributed by atoms with Gasteiger partial charge in [-0.2, -0.15) is 0 Å².